The predicted octanol–water partition coefficient (Wildman–Crippen LogP) is 1.83. The molecular weight excluding hydrogens is 276 g/mol. The molecule has 0 aliphatic carbocycles. The Kier molecular flexibility index (Phi) is 5.30. The summed E-state index contributed by atoms with van der Waals surface area (Å²) >= 11 is 1.38. The molecule has 0 fully saturated rings. The Morgan fingerprint density at radius 2 is 2.05 bits per heavy atom. The highest BCUT2D eigenvalue weighted by Crippen LogP contribution is 2.24. The second-order valence-corrected chi connectivity index (χ2v) is 7.02. The van der Waals surface area contributed by atoms with Gasteiger partial charge in [0.05, 0.1) is 13.2 Å². The third-order valence-corrected chi connectivity index (χ3v) is 4.13. The van der Waals surface area contributed by atoms with Crippen molar-refractivity contribution in [3.63, 3.8) is 0 Å². The standard InChI is InChI=1S/C14H22N2O3S/c1-8-9(6-10(20-8)13(18)19-5)7-16-11(12(15)17)14(2,3)4/h6,11,16H,7H2,1-5H3,(H2,15,17)/t11-/m1/s1. The van der Waals surface area contributed by atoms with Crippen LogP contribution in [0.25, 0.3) is 0 Å². The quantitative estimate of drug-likeness (QED) is 0.813. The van der Waals surface area contributed by atoms with Gasteiger partial charge in [-0.25, -0.2) is 4.79 Å². The first-order chi connectivity index (χ1) is 9.16. The molecule has 0 spiro atoms. The molecule has 0 unspecified atom stereocenters. The van der Waals surface area contributed by atoms with Crippen LogP contribution in [0.3, 0.4) is 0 Å². The van der Waals surface area contributed by atoms with Gasteiger partial charge in [0.1, 0.15) is 4.88 Å². The maximum Gasteiger partial charge on any atom is 0.348 e. The van der Waals surface area contributed by atoms with Crippen molar-refractivity contribution in [1.82, 2.24) is 5.32 Å². The lowest BCUT2D eigenvalue weighted by Crippen LogP contribution is -2.49. The number of hydrogen-bond donors (Lipinski definition) is 2. The summed E-state index contributed by atoms with van der Waals surface area (Å²) in [6, 6.07) is 1.36. The van der Waals surface area contributed by atoms with Crippen molar-refractivity contribution in [2.24, 2.45) is 11.1 Å². The van der Waals surface area contributed by atoms with E-state index in [0.717, 1.165) is 10.4 Å². The summed E-state index contributed by atoms with van der Waals surface area (Å²) in [7, 11) is 1.36. The van der Waals surface area contributed by atoms with E-state index < -0.39 is 6.04 Å². The molecule has 0 aliphatic heterocycles. The SMILES string of the molecule is COC(=O)c1cc(CN[C@H](C(N)=O)C(C)(C)C)c(C)s1. The van der Waals surface area contributed by atoms with Crippen molar-refractivity contribution in [3.8, 4) is 0 Å². The zero-order chi connectivity index (χ0) is 15.5. The van der Waals surface area contributed by atoms with E-state index >= 15 is 0 Å². The summed E-state index contributed by atoms with van der Waals surface area (Å²) in [5, 5.41) is 3.17. The Hall–Kier alpha value is -1.40. The number of aryl methyl sites for hydroxylation is 1. The number of esters is 1. The molecule has 1 amide bonds. The fraction of sp³-hybridized carbons (Fsp3) is 0.571. The third kappa shape index (κ3) is 4.05. The second kappa shape index (κ2) is 6.37. The van der Waals surface area contributed by atoms with Crippen molar-refractivity contribution < 1.29 is 14.3 Å². The van der Waals surface area contributed by atoms with Crippen LogP contribution in [0, 0.1) is 12.3 Å². The number of amides is 1. The van der Waals surface area contributed by atoms with E-state index in [0.29, 0.717) is 11.4 Å². The van der Waals surface area contributed by atoms with E-state index in [1.807, 2.05) is 27.7 Å². The molecule has 0 aromatic carbocycles. The van der Waals surface area contributed by atoms with Crippen molar-refractivity contribution in [2.45, 2.75) is 40.3 Å². The number of nitrogens with one attached hydrogen (secondary N) is 1. The van der Waals surface area contributed by atoms with Gasteiger partial charge in [-0.3, -0.25) is 4.79 Å². The molecule has 5 nitrogen and oxygen atoms in total. The first kappa shape index (κ1) is 16.7. The molecule has 0 saturated carbocycles. The predicted molar refractivity (Wildman–Crippen MR) is 79.7 cm³/mol. The summed E-state index contributed by atoms with van der Waals surface area (Å²) in [5.74, 6) is -0.717. The Balaban J connectivity index is 2.81. The monoisotopic (exact) mass is 298 g/mol. The molecule has 1 aromatic rings. The highest BCUT2D eigenvalue weighted by atomic mass is 32.1. The van der Waals surface area contributed by atoms with E-state index in [2.05, 4.69) is 5.32 Å². The molecule has 1 rings (SSSR count). The van der Waals surface area contributed by atoms with Crippen molar-refractivity contribution >= 4 is 23.2 Å². The molecule has 0 radical (unpaired) electrons. The minimum Gasteiger partial charge on any atom is -0.465 e. The summed E-state index contributed by atoms with van der Waals surface area (Å²) in [6.45, 7) is 8.29. The van der Waals surface area contributed by atoms with Gasteiger partial charge in [0.15, 0.2) is 0 Å². The maximum atomic E-state index is 11.5. The summed E-state index contributed by atoms with van der Waals surface area (Å²) < 4.78 is 4.70. The maximum absolute atomic E-state index is 11.5. The van der Waals surface area contributed by atoms with Gasteiger partial charge >= 0.3 is 5.97 Å². The fourth-order valence-electron chi connectivity index (χ4n) is 1.94. The molecule has 20 heavy (non-hydrogen) atoms. The summed E-state index contributed by atoms with van der Waals surface area (Å²) in [6.07, 6.45) is 0. The molecule has 0 aliphatic rings. The number of primary amides is 1. The first-order valence-corrected chi connectivity index (χ1v) is 7.18. The lowest BCUT2D eigenvalue weighted by atomic mass is 9.86. The molecule has 1 atom stereocenters. The van der Waals surface area contributed by atoms with Crippen LogP contribution in [0.4, 0.5) is 0 Å². The lowest BCUT2D eigenvalue weighted by Gasteiger charge is -2.28. The number of methoxy groups -OCH3 is 1. The number of hydrogen-bond acceptors (Lipinski definition) is 5. The van der Waals surface area contributed by atoms with Gasteiger partial charge in [0, 0.05) is 11.4 Å². The van der Waals surface area contributed by atoms with Gasteiger partial charge in [-0.2, -0.15) is 0 Å². The number of rotatable bonds is 5. The Morgan fingerprint density at radius 1 is 1.45 bits per heavy atom. The summed E-state index contributed by atoms with van der Waals surface area (Å²) in [5.41, 5.74) is 6.14. The van der Waals surface area contributed by atoms with Crippen LogP contribution in [0.15, 0.2) is 6.07 Å². The van der Waals surface area contributed by atoms with Gasteiger partial charge in [-0.1, -0.05) is 20.8 Å². The smallest absolute Gasteiger partial charge is 0.348 e. The Bertz CT molecular complexity index is 503. The van der Waals surface area contributed by atoms with Crippen LogP contribution < -0.4 is 11.1 Å². The normalized spacial score (nSPS) is 13.1. The van der Waals surface area contributed by atoms with Gasteiger partial charge in [-0.05, 0) is 24.0 Å². The number of nitrogens with two attached hydrogens (primary N) is 1. The second-order valence-electron chi connectivity index (χ2n) is 5.77. The molecular formula is C14H22N2O3S. The van der Waals surface area contributed by atoms with Crippen LogP contribution in [0.2, 0.25) is 0 Å². The average Bonchev–Trinajstić information content (AvgIpc) is 2.68. The number of carbonyl (C=O) groups excluding carboxylic acids is 2. The van der Waals surface area contributed by atoms with Crippen molar-refractivity contribution in [3.05, 3.63) is 21.4 Å². The van der Waals surface area contributed by atoms with Crippen LogP contribution in [0.5, 0.6) is 0 Å². The van der Waals surface area contributed by atoms with Gasteiger partial charge in [0.2, 0.25) is 5.91 Å². The van der Waals surface area contributed by atoms with Crippen LogP contribution in [0.1, 0.15) is 40.9 Å². The van der Waals surface area contributed by atoms with E-state index in [-0.39, 0.29) is 17.3 Å². The number of thiophene rings is 1. The molecule has 1 heterocycles. The summed E-state index contributed by atoms with van der Waals surface area (Å²) in [4.78, 5) is 24.6. The van der Waals surface area contributed by atoms with Crippen LogP contribution >= 0.6 is 11.3 Å². The highest BCUT2D eigenvalue weighted by molar-refractivity contribution is 7.14. The molecule has 0 saturated heterocycles. The third-order valence-electron chi connectivity index (χ3n) is 3.05. The van der Waals surface area contributed by atoms with Crippen molar-refractivity contribution in [2.75, 3.05) is 7.11 Å². The highest BCUT2D eigenvalue weighted by Gasteiger charge is 2.29. The van der Waals surface area contributed by atoms with Crippen LogP contribution in [-0.4, -0.2) is 25.0 Å². The van der Waals surface area contributed by atoms with Gasteiger partial charge in [-0.15, -0.1) is 11.3 Å². The minimum atomic E-state index is -0.427. The fourth-order valence-corrected chi connectivity index (χ4v) is 2.90. The lowest BCUT2D eigenvalue weighted by molar-refractivity contribution is -0.122. The van der Waals surface area contributed by atoms with Gasteiger partial charge in [0.25, 0.3) is 0 Å². The topological polar surface area (TPSA) is 81.4 Å². The zero-order valence-electron chi connectivity index (χ0n) is 12.6. The largest absolute Gasteiger partial charge is 0.465 e. The number of carbonyl (C=O) groups is 2. The minimum absolute atomic E-state index is 0.263. The van der Waals surface area contributed by atoms with E-state index in [1.165, 1.54) is 18.4 Å². The van der Waals surface area contributed by atoms with Gasteiger partial charge < -0.3 is 15.8 Å². The van der Waals surface area contributed by atoms with E-state index in [1.54, 1.807) is 6.07 Å². The molecule has 0 bridgehead atoms. The molecule has 112 valence electrons. The number of ether oxygens (including phenoxy) is 1. The zero-order valence-corrected chi connectivity index (χ0v) is 13.4. The van der Waals surface area contributed by atoms with E-state index in [9.17, 15) is 9.59 Å². The average molecular weight is 298 g/mol. The molecule has 1 aromatic heterocycles. The molecule has 3 N–H and O–H groups in total. The Morgan fingerprint density at radius 3 is 2.50 bits per heavy atom. The molecule has 6 heteroatoms. The van der Waals surface area contributed by atoms with E-state index in [4.69, 9.17) is 10.5 Å². The van der Waals surface area contributed by atoms with Crippen molar-refractivity contribution in [1.29, 1.82) is 0 Å². The Labute approximate surface area is 123 Å². The first-order valence-electron chi connectivity index (χ1n) is 6.37. The van der Waals surface area contributed by atoms with Crippen LogP contribution in [-0.2, 0) is 16.1 Å².